The van der Waals surface area contributed by atoms with Gasteiger partial charge in [0.15, 0.2) is 5.76 Å². The summed E-state index contributed by atoms with van der Waals surface area (Å²) in [6, 6.07) is 6.92. The second kappa shape index (κ2) is 5.50. The molecule has 1 heterocycles. The van der Waals surface area contributed by atoms with Gasteiger partial charge in [-0.25, -0.2) is 4.98 Å². The minimum atomic E-state index is -1.45. The number of carbonyl (C=O) groups is 1. The van der Waals surface area contributed by atoms with Crippen LogP contribution in [0, 0.1) is 0 Å². The predicted octanol–water partition coefficient (Wildman–Crippen LogP) is -1.64. The maximum atomic E-state index is 10.4. The predicted molar refractivity (Wildman–Crippen MR) is 51.3 cm³/mol. The number of carboxylic acid groups (broad SMARTS) is 1. The first-order valence-corrected chi connectivity index (χ1v) is 4.48. The Morgan fingerprint density at radius 2 is 2.06 bits per heavy atom. The van der Waals surface area contributed by atoms with Crippen molar-refractivity contribution in [2.24, 2.45) is 0 Å². The summed E-state index contributed by atoms with van der Waals surface area (Å²) >= 11 is 5.90. The fraction of sp³-hybridized carbons (Fsp3) is 0. The molecular formula is C10H5ClNNaO3. The molecular weight excluding hydrogens is 241 g/mol. The van der Waals surface area contributed by atoms with E-state index >= 15 is 0 Å². The van der Waals surface area contributed by atoms with Crippen molar-refractivity contribution in [2.75, 3.05) is 0 Å². The van der Waals surface area contributed by atoms with Crippen molar-refractivity contribution in [1.82, 2.24) is 4.98 Å². The molecule has 6 heteroatoms. The van der Waals surface area contributed by atoms with Crippen molar-refractivity contribution in [3.63, 3.8) is 0 Å². The minimum Gasteiger partial charge on any atom is -0.540 e. The fourth-order valence-corrected chi connectivity index (χ4v) is 1.38. The number of halogens is 1. The van der Waals surface area contributed by atoms with Crippen LogP contribution >= 0.6 is 11.6 Å². The van der Waals surface area contributed by atoms with E-state index in [-0.39, 0.29) is 29.6 Å². The quantitative estimate of drug-likeness (QED) is 0.596. The van der Waals surface area contributed by atoms with E-state index in [9.17, 15) is 9.90 Å². The number of benzene rings is 1. The number of carboxylic acids is 1. The van der Waals surface area contributed by atoms with Crippen LogP contribution in [-0.4, -0.2) is 11.0 Å². The van der Waals surface area contributed by atoms with Crippen molar-refractivity contribution in [1.29, 1.82) is 0 Å². The van der Waals surface area contributed by atoms with Gasteiger partial charge in [0.2, 0.25) is 5.89 Å². The maximum absolute atomic E-state index is 10.4. The Morgan fingerprint density at radius 1 is 1.38 bits per heavy atom. The Labute approximate surface area is 119 Å². The molecule has 0 spiro atoms. The zero-order chi connectivity index (χ0) is 10.8. The Hall–Kier alpha value is -0.810. The van der Waals surface area contributed by atoms with E-state index in [1.165, 1.54) is 6.20 Å². The summed E-state index contributed by atoms with van der Waals surface area (Å²) in [6.45, 7) is 0. The van der Waals surface area contributed by atoms with Gasteiger partial charge in [-0.05, 0) is 12.1 Å². The van der Waals surface area contributed by atoms with Gasteiger partial charge in [-0.3, -0.25) is 0 Å². The fourth-order valence-electron chi connectivity index (χ4n) is 1.15. The summed E-state index contributed by atoms with van der Waals surface area (Å²) in [5.41, 5.74) is 0.596. The number of carbonyl (C=O) groups excluding carboxylic acids is 1. The molecule has 0 saturated carbocycles. The molecule has 1 aromatic carbocycles. The number of hydrogen-bond donors (Lipinski definition) is 0. The van der Waals surface area contributed by atoms with Crippen LogP contribution in [-0.2, 0) is 0 Å². The number of hydrogen-bond acceptors (Lipinski definition) is 4. The van der Waals surface area contributed by atoms with Crippen molar-refractivity contribution >= 4 is 17.6 Å². The monoisotopic (exact) mass is 245 g/mol. The van der Waals surface area contributed by atoms with Crippen molar-refractivity contribution < 1.29 is 43.9 Å². The molecule has 1 aromatic heterocycles. The van der Waals surface area contributed by atoms with E-state index in [0.717, 1.165) is 0 Å². The van der Waals surface area contributed by atoms with Crippen LogP contribution in [0.4, 0.5) is 0 Å². The molecule has 4 nitrogen and oxygen atoms in total. The van der Waals surface area contributed by atoms with Crippen molar-refractivity contribution in [2.45, 2.75) is 0 Å². The smallest absolute Gasteiger partial charge is 0.540 e. The van der Waals surface area contributed by atoms with Crippen LogP contribution < -0.4 is 34.7 Å². The normalized spacial score (nSPS) is 9.56. The molecule has 2 rings (SSSR count). The van der Waals surface area contributed by atoms with E-state index in [1.807, 2.05) is 0 Å². The van der Waals surface area contributed by atoms with Crippen LogP contribution in [0.1, 0.15) is 10.7 Å². The summed E-state index contributed by atoms with van der Waals surface area (Å²) in [7, 11) is 0. The number of rotatable bonds is 2. The van der Waals surface area contributed by atoms with Crippen molar-refractivity contribution in [3.05, 3.63) is 41.4 Å². The molecule has 0 saturated heterocycles. The molecule has 0 unspecified atom stereocenters. The summed E-state index contributed by atoms with van der Waals surface area (Å²) in [5.74, 6) is -1.60. The first-order valence-electron chi connectivity index (χ1n) is 4.10. The third-order valence-corrected chi connectivity index (χ3v) is 2.15. The topological polar surface area (TPSA) is 66.2 Å². The Bertz CT molecular complexity index is 512. The third-order valence-electron chi connectivity index (χ3n) is 1.82. The van der Waals surface area contributed by atoms with Crippen LogP contribution in [0.25, 0.3) is 11.3 Å². The molecule has 0 aliphatic carbocycles. The van der Waals surface area contributed by atoms with Gasteiger partial charge in [-0.1, -0.05) is 23.7 Å². The Kier molecular flexibility index (Phi) is 4.56. The third kappa shape index (κ3) is 2.65. The average molecular weight is 246 g/mol. The molecule has 0 bridgehead atoms. The zero-order valence-corrected chi connectivity index (χ0v) is 11.2. The Morgan fingerprint density at radius 3 is 2.62 bits per heavy atom. The van der Waals surface area contributed by atoms with E-state index in [4.69, 9.17) is 16.0 Å². The van der Waals surface area contributed by atoms with Crippen LogP contribution in [0.5, 0.6) is 0 Å². The second-order valence-electron chi connectivity index (χ2n) is 2.80. The van der Waals surface area contributed by atoms with Crippen LogP contribution in [0.15, 0.2) is 34.9 Å². The minimum absolute atomic E-state index is 0. The summed E-state index contributed by atoms with van der Waals surface area (Å²) in [4.78, 5) is 14.0. The largest absolute Gasteiger partial charge is 1.00 e. The van der Waals surface area contributed by atoms with Gasteiger partial charge in [0.1, 0.15) is 5.97 Å². The maximum Gasteiger partial charge on any atom is 1.00 e. The van der Waals surface area contributed by atoms with Gasteiger partial charge in [0, 0.05) is 5.56 Å². The molecule has 2 aromatic rings. The molecule has 16 heavy (non-hydrogen) atoms. The van der Waals surface area contributed by atoms with Crippen LogP contribution in [0.2, 0.25) is 5.02 Å². The molecule has 0 amide bonds. The number of aromatic nitrogens is 1. The molecule has 0 fully saturated rings. The van der Waals surface area contributed by atoms with Gasteiger partial charge in [-0.2, -0.15) is 0 Å². The van der Waals surface area contributed by atoms with E-state index in [0.29, 0.717) is 16.3 Å². The number of nitrogens with zero attached hydrogens (tertiary/aromatic N) is 1. The zero-order valence-electron chi connectivity index (χ0n) is 8.44. The van der Waals surface area contributed by atoms with E-state index < -0.39 is 11.9 Å². The van der Waals surface area contributed by atoms with E-state index in [2.05, 4.69) is 4.98 Å². The standard InChI is InChI=1S/C10H6ClNO3.Na/c11-7-4-2-1-3-6(7)8-5-12-9(15-8)10(13)14;/h1-5H,(H,13,14);/q;+1/p-1. The molecule has 0 atom stereocenters. The molecule has 0 radical (unpaired) electrons. The summed E-state index contributed by atoms with van der Waals surface area (Å²) < 4.78 is 4.95. The molecule has 0 N–H and O–H groups in total. The number of aromatic carboxylic acids is 1. The summed E-state index contributed by atoms with van der Waals surface area (Å²) in [5, 5.41) is 10.9. The van der Waals surface area contributed by atoms with Gasteiger partial charge >= 0.3 is 29.6 Å². The van der Waals surface area contributed by atoms with Crippen LogP contribution in [0.3, 0.4) is 0 Å². The number of oxazole rings is 1. The average Bonchev–Trinajstić information content (AvgIpc) is 2.67. The molecule has 0 aliphatic heterocycles. The SMILES string of the molecule is O=C([O-])c1ncc(-c2ccccc2Cl)o1.[Na+]. The Balaban J connectivity index is 0.00000128. The van der Waals surface area contributed by atoms with Gasteiger partial charge in [-0.15, -0.1) is 0 Å². The first-order chi connectivity index (χ1) is 7.18. The van der Waals surface area contributed by atoms with Gasteiger partial charge < -0.3 is 14.3 Å². The van der Waals surface area contributed by atoms with E-state index in [1.54, 1.807) is 24.3 Å². The molecule has 0 aliphatic rings. The first kappa shape index (κ1) is 13.3. The van der Waals surface area contributed by atoms with Gasteiger partial charge in [0.05, 0.1) is 11.2 Å². The van der Waals surface area contributed by atoms with Crippen molar-refractivity contribution in [3.8, 4) is 11.3 Å². The molecule has 76 valence electrons. The van der Waals surface area contributed by atoms with Gasteiger partial charge in [0.25, 0.3) is 0 Å². The summed E-state index contributed by atoms with van der Waals surface area (Å²) in [6.07, 6.45) is 1.30. The second-order valence-corrected chi connectivity index (χ2v) is 3.20.